The lowest BCUT2D eigenvalue weighted by Crippen LogP contribution is -2.50. The highest BCUT2D eigenvalue weighted by atomic mass is 15.2. The van der Waals surface area contributed by atoms with Gasteiger partial charge in [-0.3, -0.25) is 4.90 Å². The van der Waals surface area contributed by atoms with Crippen LogP contribution in [-0.4, -0.2) is 37.1 Å². The summed E-state index contributed by atoms with van der Waals surface area (Å²) >= 11 is 0. The molecular formula is C9H13N3. The van der Waals surface area contributed by atoms with E-state index >= 15 is 0 Å². The molecule has 1 unspecified atom stereocenters. The first kappa shape index (κ1) is 9.06. The summed E-state index contributed by atoms with van der Waals surface area (Å²) in [6.45, 7) is 3.50. The molecule has 12 heavy (non-hydrogen) atoms. The van der Waals surface area contributed by atoms with Gasteiger partial charge < -0.3 is 5.32 Å². The van der Waals surface area contributed by atoms with Crippen molar-refractivity contribution in [3.8, 4) is 18.4 Å². The molecule has 3 nitrogen and oxygen atoms in total. The molecule has 0 bridgehead atoms. The Kier molecular flexibility index (Phi) is 3.60. The quantitative estimate of drug-likeness (QED) is 0.573. The molecule has 1 aliphatic heterocycles. The minimum atomic E-state index is 0.00657. The minimum absolute atomic E-state index is 0.00657. The van der Waals surface area contributed by atoms with Gasteiger partial charge >= 0.3 is 0 Å². The number of nitrogens with one attached hydrogen (secondary N) is 1. The van der Waals surface area contributed by atoms with E-state index in [1.807, 2.05) is 0 Å². The molecule has 1 rings (SSSR count). The maximum absolute atomic E-state index is 8.78. The predicted molar refractivity (Wildman–Crippen MR) is 47.3 cm³/mol. The van der Waals surface area contributed by atoms with Crippen molar-refractivity contribution in [3.05, 3.63) is 0 Å². The summed E-state index contributed by atoms with van der Waals surface area (Å²) in [5.41, 5.74) is 0. The number of nitrogens with zero attached hydrogens (tertiary/aromatic N) is 2. The van der Waals surface area contributed by atoms with Gasteiger partial charge in [0, 0.05) is 32.6 Å². The first-order chi connectivity index (χ1) is 5.88. The monoisotopic (exact) mass is 163 g/mol. The second-order valence-corrected chi connectivity index (χ2v) is 2.84. The number of nitriles is 1. The predicted octanol–water partition coefficient (Wildman–Crippen LogP) is -0.193. The first-order valence-electron chi connectivity index (χ1n) is 4.16. The molecule has 0 aromatic heterocycles. The molecule has 0 radical (unpaired) electrons. The third kappa shape index (κ3) is 2.23. The Labute approximate surface area is 73.4 Å². The molecule has 1 aliphatic rings. The smallest absolute Gasteiger partial charge is 0.110 e. The summed E-state index contributed by atoms with van der Waals surface area (Å²) in [5, 5.41) is 12.0. The number of piperazine rings is 1. The molecule has 0 spiro atoms. The number of rotatable bonds is 2. The molecule has 1 fully saturated rings. The van der Waals surface area contributed by atoms with Crippen LogP contribution < -0.4 is 5.32 Å². The van der Waals surface area contributed by atoms with Crippen molar-refractivity contribution in [1.82, 2.24) is 10.2 Å². The van der Waals surface area contributed by atoms with Crippen LogP contribution in [0.25, 0.3) is 0 Å². The van der Waals surface area contributed by atoms with E-state index in [0.717, 1.165) is 32.6 Å². The number of terminal acetylenes is 1. The maximum Gasteiger partial charge on any atom is 0.110 e. The first-order valence-corrected chi connectivity index (χ1v) is 4.16. The maximum atomic E-state index is 8.78. The highest BCUT2D eigenvalue weighted by Crippen LogP contribution is 2.02. The largest absolute Gasteiger partial charge is 0.313 e. The zero-order valence-electron chi connectivity index (χ0n) is 7.08. The fourth-order valence-corrected chi connectivity index (χ4v) is 1.35. The normalized spacial score (nSPS) is 24.3. The van der Waals surface area contributed by atoms with Gasteiger partial charge in [-0.2, -0.15) is 5.26 Å². The standard InChI is InChI=1S/C9H13N3/c1-2-3-5-12-6-4-11-8-9(12)7-10/h1,9,11H,3-6,8H2. The van der Waals surface area contributed by atoms with Gasteiger partial charge in [0.05, 0.1) is 6.07 Å². The van der Waals surface area contributed by atoms with E-state index in [4.69, 9.17) is 11.7 Å². The van der Waals surface area contributed by atoms with Crippen LogP contribution in [0, 0.1) is 23.7 Å². The Balaban J connectivity index is 2.38. The summed E-state index contributed by atoms with van der Waals surface area (Å²) in [6, 6.07) is 2.26. The van der Waals surface area contributed by atoms with E-state index in [2.05, 4.69) is 22.2 Å². The molecule has 0 aromatic carbocycles. The third-order valence-electron chi connectivity index (χ3n) is 2.05. The lowest BCUT2D eigenvalue weighted by Gasteiger charge is -2.31. The van der Waals surface area contributed by atoms with E-state index in [1.165, 1.54) is 0 Å². The Morgan fingerprint density at radius 3 is 3.17 bits per heavy atom. The summed E-state index contributed by atoms with van der Waals surface area (Å²) in [4.78, 5) is 2.14. The van der Waals surface area contributed by atoms with Gasteiger partial charge in [0.1, 0.15) is 6.04 Å². The van der Waals surface area contributed by atoms with E-state index in [1.54, 1.807) is 0 Å². The van der Waals surface area contributed by atoms with Crippen LogP contribution in [0.2, 0.25) is 0 Å². The summed E-state index contributed by atoms with van der Waals surface area (Å²) in [6.07, 6.45) is 5.89. The third-order valence-corrected chi connectivity index (χ3v) is 2.05. The zero-order valence-corrected chi connectivity index (χ0v) is 7.08. The molecule has 0 aliphatic carbocycles. The molecular weight excluding hydrogens is 150 g/mol. The Bertz CT molecular complexity index is 211. The lowest BCUT2D eigenvalue weighted by atomic mass is 10.2. The average Bonchev–Trinajstić information content (AvgIpc) is 2.15. The van der Waals surface area contributed by atoms with Crippen LogP contribution in [0.3, 0.4) is 0 Å². The van der Waals surface area contributed by atoms with Gasteiger partial charge in [0.2, 0.25) is 0 Å². The van der Waals surface area contributed by atoms with Gasteiger partial charge in [0.25, 0.3) is 0 Å². The minimum Gasteiger partial charge on any atom is -0.313 e. The SMILES string of the molecule is C#CCCN1CCNCC1C#N. The van der Waals surface area contributed by atoms with Crippen LogP contribution in [0.5, 0.6) is 0 Å². The number of hydrogen-bond acceptors (Lipinski definition) is 3. The highest BCUT2D eigenvalue weighted by molar-refractivity contribution is 4.97. The fourth-order valence-electron chi connectivity index (χ4n) is 1.35. The average molecular weight is 163 g/mol. The Morgan fingerprint density at radius 2 is 2.50 bits per heavy atom. The van der Waals surface area contributed by atoms with Gasteiger partial charge in [-0.05, 0) is 0 Å². The van der Waals surface area contributed by atoms with Gasteiger partial charge in [-0.15, -0.1) is 12.3 Å². The second-order valence-electron chi connectivity index (χ2n) is 2.84. The fraction of sp³-hybridized carbons (Fsp3) is 0.667. The van der Waals surface area contributed by atoms with Crippen molar-refractivity contribution in [2.75, 3.05) is 26.2 Å². The second kappa shape index (κ2) is 4.77. The molecule has 1 atom stereocenters. The van der Waals surface area contributed by atoms with E-state index in [9.17, 15) is 0 Å². The van der Waals surface area contributed by atoms with Crippen molar-refractivity contribution in [3.63, 3.8) is 0 Å². The zero-order chi connectivity index (χ0) is 8.81. The van der Waals surface area contributed by atoms with E-state index in [0.29, 0.717) is 0 Å². The van der Waals surface area contributed by atoms with Gasteiger partial charge in [0.15, 0.2) is 0 Å². The van der Waals surface area contributed by atoms with Crippen LogP contribution in [0.15, 0.2) is 0 Å². The highest BCUT2D eigenvalue weighted by Gasteiger charge is 2.20. The van der Waals surface area contributed by atoms with Crippen molar-refractivity contribution in [1.29, 1.82) is 5.26 Å². The Hall–Kier alpha value is -1.03. The topological polar surface area (TPSA) is 39.1 Å². The van der Waals surface area contributed by atoms with Crippen LogP contribution in [0.1, 0.15) is 6.42 Å². The van der Waals surface area contributed by atoms with Crippen molar-refractivity contribution in [2.45, 2.75) is 12.5 Å². The van der Waals surface area contributed by atoms with Crippen LogP contribution in [0.4, 0.5) is 0 Å². The molecule has 1 saturated heterocycles. The van der Waals surface area contributed by atoms with Crippen LogP contribution >= 0.6 is 0 Å². The van der Waals surface area contributed by atoms with Crippen LogP contribution in [-0.2, 0) is 0 Å². The van der Waals surface area contributed by atoms with E-state index < -0.39 is 0 Å². The summed E-state index contributed by atoms with van der Waals surface area (Å²) in [7, 11) is 0. The van der Waals surface area contributed by atoms with E-state index in [-0.39, 0.29) is 6.04 Å². The summed E-state index contributed by atoms with van der Waals surface area (Å²) in [5.74, 6) is 2.59. The molecule has 0 saturated carbocycles. The lowest BCUT2D eigenvalue weighted by molar-refractivity contribution is 0.202. The van der Waals surface area contributed by atoms with Gasteiger partial charge in [-0.25, -0.2) is 0 Å². The molecule has 3 heteroatoms. The molecule has 0 amide bonds. The molecule has 0 aromatic rings. The molecule has 1 heterocycles. The Morgan fingerprint density at radius 1 is 1.67 bits per heavy atom. The van der Waals surface area contributed by atoms with Gasteiger partial charge in [-0.1, -0.05) is 0 Å². The summed E-state index contributed by atoms with van der Waals surface area (Å²) < 4.78 is 0. The van der Waals surface area contributed by atoms with Crippen molar-refractivity contribution < 1.29 is 0 Å². The molecule has 64 valence electrons. The van der Waals surface area contributed by atoms with Crippen molar-refractivity contribution in [2.24, 2.45) is 0 Å². The number of hydrogen-bond donors (Lipinski definition) is 1. The molecule has 1 N–H and O–H groups in total. The van der Waals surface area contributed by atoms with Crippen molar-refractivity contribution >= 4 is 0 Å².